The molecule has 6 heteroatoms. The van der Waals surface area contributed by atoms with Crippen LogP contribution in [-0.4, -0.2) is 69.9 Å². The van der Waals surface area contributed by atoms with Crippen molar-refractivity contribution in [2.24, 2.45) is 0 Å². The second-order valence-corrected chi connectivity index (χ2v) is 6.14. The molecule has 1 aliphatic heterocycles. The summed E-state index contributed by atoms with van der Waals surface area (Å²) in [5, 5.41) is 13.4. The smallest absolute Gasteiger partial charge is 0.257 e. The summed E-state index contributed by atoms with van der Waals surface area (Å²) in [6.07, 6.45) is 1.68. The van der Waals surface area contributed by atoms with Crippen LogP contribution in [-0.2, 0) is 6.54 Å². The molecule has 1 aromatic carbocycles. The molecule has 2 heterocycles. The number of hydrogen-bond acceptors (Lipinski definition) is 4. The molecule has 128 valence electrons. The Hall–Kier alpha value is -2.18. The first-order valence-electron chi connectivity index (χ1n) is 8.38. The number of rotatable bonds is 5. The molecule has 24 heavy (non-hydrogen) atoms. The summed E-state index contributed by atoms with van der Waals surface area (Å²) in [7, 11) is 0. The Morgan fingerprint density at radius 1 is 1.17 bits per heavy atom. The molecule has 1 aromatic heterocycles. The number of aliphatic hydroxyl groups is 1. The Labute approximate surface area is 142 Å². The van der Waals surface area contributed by atoms with Crippen molar-refractivity contribution in [2.75, 3.05) is 39.3 Å². The summed E-state index contributed by atoms with van der Waals surface area (Å²) in [5.41, 5.74) is 2.75. The van der Waals surface area contributed by atoms with E-state index in [2.05, 4.69) is 22.1 Å². The molecule has 0 radical (unpaired) electrons. The Balaban J connectivity index is 1.66. The Morgan fingerprint density at radius 3 is 2.54 bits per heavy atom. The molecule has 6 nitrogen and oxygen atoms in total. The molecule has 0 unspecified atom stereocenters. The quantitative estimate of drug-likeness (QED) is 0.889. The van der Waals surface area contributed by atoms with Gasteiger partial charge in [-0.2, -0.15) is 5.10 Å². The van der Waals surface area contributed by atoms with Gasteiger partial charge in [0.05, 0.1) is 24.9 Å². The first-order valence-corrected chi connectivity index (χ1v) is 8.38. The number of amides is 1. The summed E-state index contributed by atoms with van der Waals surface area (Å²) < 4.78 is 1.88. The number of carbonyl (C=O) groups is 1. The van der Waals surface area contributed by atoms with E-state index in [1.54, 1.807) is 6.20 Å². The molecule has 1 saturated heterocycles. The van der Waals surface area contributed by atoms with Crippen molar-refractivity contribution in [1.29, 1.82) is 0 Å². The number of nitrogens with zero attached hydrogens (tertiary/aromatic N) is 4. The molecule has 1 N–H and O–H groups in total. The maximum atomic E-state index is 12.8. The molecule has 0 atom stereocenters. The predicted molar refractivity (Wildman–Crippen MR) is 91.9 cm³/mol. The van der Waals surface area contributed by atoms with Crippen molar-refractivity contribution in [3.05, 3.63) is 53.3 Å². The second kappa shape index (κ2) is 7.59. The van der Waals surface area contributed by atoms with Gasteiger partial charge in [0.25, 0.3) is 5.91 Å². The lowest BCUT2D eigenvalue weighted by atomic mass is 10.2. The minimum absolute atomic E-state index is 0.0514. The highest BCUT2D eigenvalue weighted by Gasteiger charge is 2.24. The van der Waals surface area contributed by atoms with Crippen molar-refractivity contribution in [2.45, 2.75) is 13.5 Å². The van der Waals surface area contributed by atoms with Crippen LogP contribution >= 0.6 is 0 Å². The van der Waals surface area contributed by atoms with Crippen molar-refractivity contribution >= 4 is 5.91 Å². The van der Waals surface area contributed by atoms with Crippen molar-refractivity contribution in [3.63, 3.8) is 0 Å². The van der Waals surface area contributed by atoms with Gasteiger partial charge in [-0.3, -0.25) is 14.4 Å². The van der Waals surface area contributed by atoms with Gasteiger partial charge in [0.2, 0.25) is 0 Å². The highest BCUT2D eigenvalue weighted by molar-refractivity contribution is 5.95. The predicted octanol–water partition coefficient (Wildman–Crippen LogP) is 0.990. The number of aliphatic hydroxyl groups excluding tert-OH is 1. The maximum Gasteiger partial charge on any atom is 0.257 e. The molecule has 3 rings (SSSR count). The normalized spacial score (nSPS) is 15.7. The first kappa shape index (κ1) is 16.7. The fraction of sp³-hybridized carbons (Fsp3) is 0.444. The van der Waals surface area contributed by atoms with Crippen LogP contribution in [0.3, 0.4) is 0 Å². The van der Waals surface area contributed by atoms with Crippen molar-refractivity contribution in [3.8, 4) is 0 Å². The molecule has 1 amide bonds. The largest absolute Gasteiger partial charge is 0.395 e. The van der Waals surface area contributed by atoms with E-state index in [9.17, 15) is 4.79 Å². The van der Waals surface area contributed by atoms with Gasteiger partial charge >= 0.3 is 0 Å². The zero-order chi connectivity index (χ0) is 16.9. The van der Waals surface area contributed by atoms with E-state index in [1.807, 2.05) is 34.7 Å². The van der Waals surface area contributed by atoms with Crippen LogP contribution in [0, 0.1) is 6.92 Å². The summed E-state index contributed by atoms with van der Waals surface area (Å²) in [5.74, 6) is 0.0514. The molecular weight excluding hydrogens is 304 g/mol. The third-order valence-corrected chi connectivity index (χ3v) is 4.58. The molecular formula is C18H24N4O2. The Kier molecular flexibility index (Phi) is 5.27. The average molecular weight is 328 g/mol. The van der Waals surface area contributed by atoms with Gasteiger partial charge in [-0.05, 0) is 12.5 Å². The molecule has 0 spiro atoms. The van der Waals surface area contributed by atoms with Crippen molar-refractivity contribution in [1.82, 2.24) is 19.6 Å². The molecule has 0 saturated carbocycles. The maximum absolute atomic E-state index is 12.8. The second-order valence-electron chi connectivity index (χ2n) is 6.14. The number of carbonyl (C=O) groups excluding carboxylic acids is 1. The summed E-state index contributed by atoms with van der Waals surface area (Å²) >= 11 is 0. The van der Waals surface area contributed by atoms with Crippen molar-refractivity contribution < 1.29 is 9.90 Å². The molecule has 1 aliphatic rings. The van der Waals surface area contributed by atoms with Gasteiger partial charge in [0, 0.05) is 38.4 Å². The SMILES string of the molecule is Cc1c(C(=O)N2CCN(CCO)CC2)cnn1Cc1ccccc1. The number of β-amino-alcohol motifs (C(OH)–C–C–N with tert-alkyl or cyclic N) is 1. The zero-order valence-corrected chi connectivity index (χ0v) is 14.1. The first-order chi connectivity index (χ1) is 11.7. The van der Waals surface area contributed by atoms with Crippen LogP contribution in [0.4, 0.5) is 0 Å². The lowest BCUT2D eigenvalue weighted by Crippen LogP contribution is -2.49. The molecule has 1 fully saturated rings. The number of aromatic nitrogens is 2. The monoisotopic (exact) mass is 328 g/mol. The van der Waals surface area contributed by atoms with E-state index >= 15 is 0 Å². The topological polar surface area (TPSA) is 61.6 Å². The van der Waals surface area contributed by atoms with E-state index in [4.69, 9.17) is 5.11 Å². The lowest BCUT2D eigenvalue weighted by molar-refractivity contribution is 0.0614. The molecule has 0 aliphatic carbocycles. The highest BCUT2D eigenvalue weighted by Crippen LogP contribution is 2.14. The summed E-state index contributed by atoms with van der Waals surface area (Å²) in [4.78, 5) is 16.8. The fourth-order valence-electron chi connectivity index (χ4n) is 3.06. The van der Waals surface area contributed by atoms with Crippen LogP contribution in [0.2, 0.25) is 0 Å². The van der Waals surface area contributed by atoms with Crippen LogP contribution < -0.4 is 0 Å². The van der Waals surface area contributed by atoms with Crippen LogP contribution in [0.1, 0.15) is 21.6 Å². The van der Waals surface area contributed by atoms with Gasteiger partial charge in [-0.15, -0.1) is 0 Å². The van der Waals surface area contributed by atoms with E-state index < -0.39 is 0 Å². The van der Waals surface area contributed by atoms with Gasteiger partial charge < -0.3 is 10.0 Å². The third-order valence-electron chi connectivity index (χ3n) is 4.58. The van der Waals surface area contributed by atoms with E-state index in [0.29, 0.717) is 31.7 Å². The summed E-state index contributed by atoms with van der Waals surface area (Å²) in [6, 6.07) is 10.1. The van der Waals surface area contributed by atoms with E-state index in [0.717, 1.165) is 18.8 Å². The number of hydrogen-bond donors (Lipinski definition) is 1. The number of benzene rings is 1. The van der Waals surface area contributed by atoms with Gasteiger partial charge in [0.15, 0.2) is 0 Å². The molecule has 0 bridgehead atoms. The highest BCUT2D eigenvalue weighted by atomic mass is 16.3. The minimum Gasteiger partial charge on any atom is -0.395 e. The minimum atomic E-state index is 0.0514. The van der Waals surface area contributed by atoms with E-state index in [-0.39, 0.29) is 12.5 Å². The Bertz CT molecular complexity index is 676. The van der Waals surface area contributed by atoms with E-state index in [1.165, 1.54) is 5.56 Å². The van der Waals surface area contributed by atoms with Crippen LogP contribution in [0.25, 0.3) is 0 Å². The average Bonchev–Trinajstić information content (AvgIpc) is 2.97. The third kappa shape index (κ3) is 3.66. The van der Waals surface area contributed by atoms with Crippen LogP contribution in [0.15, 0.2) is 36.5 Å². The van der Waals surface area contributed by atoms with Crippen LogP contribution in [0.5, 0.6) is 0 Å². The van der Waals surface area contributed by atoms with Gasteiger partial charge in [-0.25, -0.2) is 0 Å². The molecule has 2 aromatic rings. The lowest BCUT2D eigenvalue weighted by Gasteiger charge is -2.34. The summed E-state index contributed by atoms with van der Waals surface area (Å²) in [6.45, 7) is 6.47. The van der Waals surface area contributed by atoms with Gasteiger partial charge in [0.1, 0.15) is 0 Å². The Morgan fingerprint density at radius 2 is 1.88 bits per heavy atom. The van der Waals surface area contributed by atoms with Gasteiger partial charge in [-0.1, -0.05) is 30.3 Å². The fourth-order valence-corrected chi connectivity index (χ4v) is 3.06. The number of piperazine rings is 1. The standard InChI is InChI=1S/C18H24N4O2/c1-15-17(13-19-22(15)14-16-5-3-2-4-6-16)18(24)21-9-7-20(8-10-21)11-12-23/h2-6,13,23H,7-12,14H2,1H3. The zero-order valence-electron chi connectivity index (χ0n) is 14.1.